The van der Waals surface area contributed by atoms with Crippen molar-refractivity contribution in [1.82, 2.24) is 14.2 Å². The molecule has 9 nitrogen and oxygen atoms in total. The number of pyridine rings is 1. The number of rotatable bonds is 10. The first-order valence-corrected chi connectivity index (χ1v) is 14.5. The lowest BCUT2D eigenvalue weighted by molar-refractivity contribution is -0.385. The number of nitro benzene ring substituents is 1. The summed E-state index contributed by atoms with van der Waals surface area (Å²) in [7, 11) is -4.49. The first-order valence-electron chi connectivity index (χ1n) is 10.9. The standard InChI is InChI=1S/C21H24Br2F3N5O4S/c22-3-7-29(8-4-23)20-18(21(24,25)26)13-17(31(32)33)14-19(20)36(34,35)30-11-9-28(10-12-30)15-16-1-5-27-6-2-16/h1-2,5-6,13-14H,3-4,7-12,15H2. The summed E-state index contributed by atoms with van der Waals surface area (Å²) < 4.78 is 70.8. The molecule has 1 aromatic heterocycles. The second-order valence-corrected chi connectivity index (χ2v) is 11.5. The summed E-state index contributed by atoms with van der Waals surface area (Å²) in [5, 5.41) is 12.0. The van der Waals surface area contributed by atoms with E-state index in [9.17, 15) is 31.7 Å². The smallest absolute Gasteiger partial charge is 0.368 e. The molecule has 1 fully saturated rings. The molecule has 1 aliphatic heterocycles. The van der Waals surface area contributed by atoms with Crippen LogP contribution >= 0.6 is 31.9 Å². The zero-order valence-corrected chi connectivity index (χ0v) is 23.0. The summed E-state index contributed by atoms with van der Waals surface area (Å²) in [5.74, 6) is 0. The molecule has 0 radical (unpaired) electrons. The molecular formula is C21H24Br2F3N5O4S. The Morgan fingerprint density at radius 3 is 2.14 bits per heavy atom. The highest BCUT2D eigenvalue weighted by Crippen LogP contribution is 2.43. The zero-order valence-electron chi connectivity index (χ0n) is 19.0. The Kier molecular flexibility index (Phi) is 9.71. The maximum absolute atomic E-state index is 14.1. The van der Waals surface area contributed by atoms with Crippen LogP contribution in [0, 0.1) is 10.1 Å². The summed E-state index contributed by atoms with van der Waals surface area (Å²) in [6.07, 6.45) is -1.70. The number of halogens is 5. The minimum absolute atomic E-state index is 0.0355. The summed E-state index contributed by atoms with van der Waals surface area (Å²) in [4.78, 5) is 17.0. The minimum atomic E-state index is -5.01. The van der Waals surface area contributed by atoms with Crippen molar-refractivity contribution in [3.63, 3.8) is 0 Å². The molecule has 198 valence electrons. The fourth-order valence-corrected chi connectivity index (χ4v) is 6.52. The molecule has 0 bridgehead atoms. The van der Waals surface area contributed by atoms with E-state index in [1.165, 1.54) is 4.90 Å². The van der Waals surface area contributed by atoms with Crippen molar-refractivity contribution in [1.29, 1.82) is 0 Å². The van der Waals surface area contributed by atoms with Crippen molar-refractivity contribution in [2.45, 2.75) is 17.6 Å². The predicted molar refractivity (Wildman–Crippen MR) is 136 cm³/mol. The predicted octanol–water partition coefficient (Wildman–Crippen LogP) is 4.11. The van der Waals surface area contributed by atoms with Crippen LogP contribution < -0.4 is 4.90 Å². The van der Waals surface area contributed by atoms with Gasteiger partial charge in [0.1, 0.15) is 4.90 Å². The molecule has 1 aromatic carbocycles. The number of non-ortho nitro benzene ring substituents is 1. The van der Waals surface area contributed by atoms with Gasteiger partial charge in [-0.2, -0.15) is 17.5 Å². The Hall–Kier alpha value is -1.81. The van der Waals surface area contributed by atoms with Crippen molar-refractivity contribution in [2.24, 2.45) is 0 Å². The minimum Gasteiger partial charge on any atom is -0.368 e. The lowest BCUT2D eigenvalue weighted by Crippen LogP contribution is -2.48. The molecule has 0 unspecified atom stereocenters. The number of alkyl halides is 5. The van der Waals surface area contributed by atoms with Crippen LogP contribution in [0.4, 0.5) is 24.5 Å². The topological polar surface area (TPSA) is 99.9 Å². The van der Waals surface area contributed by atoms with E-state index < -0.39 is 43.0 Å². The number of nitrogens with zero attached hydrogens (tertiary/aromatic N) is 5. The zero-order chi connectivity index (χ0) is 26.5. The van der Waals surface area contributed by atoms with Crippen molar-refractivity contribution in [3.8, 4) is 0 Å². The third kappa shape index (κ3) is 6.73. The number of benzene rings is 1. The molecule has 1 saturated heterocycles. The third-order valence-electron chi connectivity index (χ3n) is 5.71. The average Bonchev–Trinajstić information content (AvgIpc) is 2.83. The Labute approximate surface area is 223 Å². The first kappa shape index (κ1) is 28.8. The van der Waals surface area contributed by atoms with Crippen LogP contribution in [0.25, 0.3) is 0 Å². The van der Waals surface area contributed by atoms with E-state index in [1.54, 1.807) is 12.4 Å². The maximum atomic E-state index is 14.1. The quantitative estimate of drug-likeness (QED) is 0.215. The number of sulfonamides is 1. The fourth-order valence-electron chi connectivity index (χ4n) is 3.99. The van der Waals surface area contributed by atoms with E-state index in [1.807, 2.05) is 17.0 Å². The first-order chi connectivity index (χ1) is 17.0. The van der Waals surface area contributed by atoms with Gasteiger partial charge >= 0.3 is 6.18 Å². The van der Waals surface area contributed by atoms with Crippen LogP contribution in [0.1, 0.15) is 11.1 Å². The molecule has 0 saturated carbocycles. The lowest BCUT2D eigenvalue weighted by Gasteiger charge is -2.35. The maximum Gasteiger partial charge on any atom is 0.418 e. The van der Waals surface area contributed by atoms with Gasteiger partial charge in [-0.05, 0) is 17.7 Å². The third-order valence-corrected chi connectivity index (χ3v) is 8.33. The van der Waals surface area contributed by atoms with E-state index in [0.717, 1.165) is 15.9 Å². The van der Waals surface area contributed by atoms with Gasteiger partial charge in [0, 0.05) is 81.0 Å². The van der Waals surface area contributed by atoms with Crippen molar-refractivity contribution < 1.29 is 26.5 Å². The van der Waals surface area contributed by atoms with Crippen LogP contribution in [0.5, 0.6) is 0 Å². The van der Waals surface area contributed by atoms with Gasteiger partial charge in [0.25, 0.3) is 5.69 Å². The van der Waals surface area contributed by atoms with Crippen molar-refractivity contribution >= 4 is 53.3 Å². The molecule has 0 aliphatic carbocycles. The second kappa shape index (κ2) is 12.2. The van der Waals surface area contributed by atoms with E-state index >= 15 is 0 Å². The molecule has 3 rings (SSSR count). The number of aromatic nitrogens is 1. The van der Waals surface area contributed by atoms with Crippen LogP contribution in [-0.4, -0.2) is 77.5 Å². The van der Waals surface area contributed by atoms with E-state index in [4.69, 9.17) is 0 Å². The highest BCUT2D eigenvalue weighted by atomic mass is 79.9. The molecule has 0 amide bonds. The fraction of sp³-hybridized carbons (Fsp3) is 0.476. The Bertz CT molecular complexity index is 1160. The van der Waals surface area contributed by atoms with Gasteiger partial charge in [0.2, 0.25) is 10.0 Å². The number of hydrogen-bond donors (Lipinski definition) is 0. The summed E-state index contributed by atoms with van der Waals surface area (Å²) in [6.45, 7) is 1.47. The molecule has 15 heteroatoms. The summed E-state index contributed by atoms with van der Waals surface area (Å²) in [5.41, 5.74) is -1.87. The second-order valence-electron chi connectivity index (χ2n) is 8.00. The van der Waals surface area contributed by atoms with Crippen LogP contribution in [0.2, 0.25) is 0 Å². The molecule has 0 N–H and O–H groups in total. The van der Waals surface area contributed by atoms with Gasteiger partial charge in [0.05, 0.1) is 16.2 Å². The Morgan fingerprint density at radius 1 is 1.06 bits per heavy atom. The number of hydrogen-bond acceptors (Lipinski definition) is 7. The van der Waals surface area contributed by atoms with Gasteiger partial charge in [-0.1, -0.05) is 31.9 Å². The molecule has 2 heterocycles. The van der Waals surface area contributed by atoms with Crippen molar-refractivity contribution in [2.75, 3.05) is 54.8 Å². The highest BCUT2D eigenvalue weighted by molar-refractivity contribution is 9.09. The number of piperazine rings is 1. The highest BCUT2D eigenvalue weighted by Gasteiger charge is 2.42. The number of anilines is 1. The van der Waals surface area contributed by atoms with E-state index in [0.29, 0.717) is 25.7 Å². The van der Waals surface area contributed by atoms with Gasteiger partial charge in [-0.25, -0.2) is 8.42 Å². The van der Waals surface area contributed by atoms with Gasteiger partial charge in [-0.15, -0.1) is 0 Å². The lowest BCUT2D eigenvalue weighted by atomic mass is 10.1. The van der Waals surface area contributed by atoms with Crippen molar-refractivity contribution in [3.05, 3.63) is 57.9 Å². The molecule has 0 atom stereocenters. The molecular weight excluding hydrogens is 635 g/mol. The van der Waals surface area contributed by atoms with Gasteiger partial charge in [0.15, 0.2) is 0 Å². The molecule has 0 spiro atoms. The monoisotopic (exact) mass is 657 g/mol. The SMILES string of the molecule is O=[N+]([O-])c1cc(C(F)(F)F)c(N(CCBr)CCBr)c(S(=O)(=O)N2CCN(Cc3ccncc3)CC2)c1. The average molecular weight is 659 g/mol. The van der Waals surface area contributed by atoms with Crippen LogP contribution in [0.3, 0.4) is 0 Å². The summed E-state index contributed by atoms with van der Waals surface area (Å²) >= 11 is 6.40. The number of nitro groups is 1. The Morgan fingerprint density at radius 2 is 1.64 bits per heavy atom. The van der Waals surface area contributed by atoms with Gasteiger partial charge < -0.3 is 4.90 Å². The summed E-state index contributed by atoms with van der Waals surface area (Å²) in [6, 6.07) is 4.83. The molecule has 1 aliphatic rings. The van der Waals surface area contributed by atoms with Crippen LogP contribution in [-0.2, 0) is 22.7 Å². The van der Waals surface area contributed by atoms with E-state index in [2.05, 4.69) is 36.8 Å². The van der Waals surface area contributed by atoms with E-state index in [-0.39, 0.29) is 36.8 Å². The Balaban J connectivity index is 2.03. The molecule has 2 aromatic rings. The largest absolute Gasteiger partial charge is 0.418 e. The van der Waals surface area contributed by atoms with Gasteiger partial charge in [-0.3, -0.25) is 20.0 Å². The normalized spacial score (nSPS) is 15.7. The van der Waals surface area contributed by atoms with Crippen LogP contribution in [0.15, 0.2) is 41.6 Å². The molecule has 36 heavy (non-hydrogen) atoms.